The van der Waals surface area contributed by atoms with Crippen molar-refractivity contribution >= 4 is 18.3 Å². The SMILES string of the molecule is O=[N+]([O-])c1ccc(B(OO)OO)cc1. The van der Waals surface area contributed by atoms with Gasteiger partial charge in [0.2, 0.25) is 0 Å². The van der Waals surface area contributed by atoms with E-state index in [9.17, 15) is 10.1 Å². The van der Waals surface area contributed by atoms with Crippen LogP contribution in [0.2, 0.25) is 0 Å². The molecule has 1 aromatic rings. The van der Waals surface area contributed by atoms with Crippen molar-refractivity contribution in [2.45, 2.75) is 0 Å². The summed E-state index contributed by atoms with van der Waals surface area (Å²) in [6.07, 6.45) is 0. The number of nitro benzene ring substituents is 1. The molecule has 0 bridgehead atoms. The Balaban J connectivity index is 2.87. The quantitative estimate of drug-likeness (QED) is 0.312. The fourth-order valence-corrected chi connectivity index (χ4v) is 0.894. The second-order valence-corrected chi connectivity index (χ2v) is 2.39. The van der Waals surface area contributed by atoms with E-state index < -0.39 is 12.0 Å². The number of nitrogens with zero attached hydrogens (tertiary/aromatic N) is 1. The van der Waals surface area contributed by atoms with Crippen molar-refractivity contribution in [2.75, 3.05) is 0 Å². The van der Waals surface area contributed by atoms with Crippen molar-refractivity contribution in [3.05, 3.63) is 34.4 Å². The maximum absolute atomic E-state index is 10.3. The number of benzene rings is 1. The summed E-state index contributed by atoms with van der Waals surface area (Å²) in [5.74, 6) is 0. The van der Waals surface area contributed by atoms with Gasteiger partial charge in [0, 0.05) is 12.1 Å². The lowest BCUT2D eigenvalue weighted by Gasteiger charge is -2.03. The van der Waals surface area contributed by atoms with Crippen LogP contribution >= 0.6 is 0 Å². The van der Waals surface area contributed by atoms with Crippen LogP contribution in [0.1, 0.15) is 0 Å². The number of non-ortho nitro benzene ring substituents is 1. The molecule has 0 aliphatic rings. The Bertz CT molecular complexity index is 311. The minimum atomic E-state index is -1.36. The van der Waals surface area contributed by atoms with Crippen LogP contribution in [-0.4, -0.2) is 22.6 Å². The standard InChI is InChI=1S/C6H6BNO6/c9-8(10)6-3-1-5(2-4-6)7(13-11)14-12/h1-4,11-12H. The molecule has 0 aliphatic carbocycles. The van der Waals surface area contributed by atoms with Gasteiger partial charge in [-0.05, 0) is 5.46 Å². The maximum Gasteiger partial charge on any atom is 0.554 e. The Labute approximate surface area is 78.7 Å². The number of rotatable bonds is 4. The summed E-state index contributed by atoms with van der Waals surface area (Å²) in [5, 5.41) is 26.7. The number of hydrogen-bond acceptors (Lipinski definition) is 6. The minimum Gasteiger partial charge on any atom is -0.264 e. The monoisotopic (exact) mass is 199 g/mol. The molecule has 0 radical (unpaired) electrons. The molecule has 0 unspecified atom stereocenters. The van der Waals surface area contributed by atoms with Gasteiger partial charge in [0.15, 0.2) is 0 Å². The molecule has 7 nitrogen and oxygen atoms in total. The highest BCUT2D eigenvalue weighted by atomic mass is 17.2. The molecule has 0 atom stereocenters. The van der Waals surface area contributed by atoms with Crippen LogP contribution in [0, 0.1) is 10.1 Å². The third kappa shape index (κ3) is 2.27. The van der Waals surface area contributed by atoms with E-state index in [1.165, 1.54) is 24.3 Å². The Kier molecular flexibility index (Phi) is 3.54. The maximum atomic E-state index is 10.3. The van der Waals surface area contributed by atoms with Gasteiger partial charge in [-0.3, -0.25) is 30.2 Å². The highest BCUT2D eigenvalue weighted by molar-refractivity contribution is 6.60. The van der Waals surface area contributed by atoms with Gasteiger partial charge in [0.1, 0.15) is 0 Å². The predicted molar refractivity (Wildman–Crippen MR) is 45.9 cm³/mol. The van der Waals surface area contributed by atoms with Crippen molar-refractivity contribution in [1.82, 2.24) is 0 Å². The van der Waals surface area contributed by atoms with Gasteiger partial charge in [-0.25, -0.2) is 0 Å². The molecule has 0 heterocycles. The van der Waals surface area contributed by atoms with Crippen LogP contribution in [0.25, 0.3) is 0 Å². The number of nitro groups is 1. The van der Waals surface area contributed by atoms with E-state index in [2.05, 4.69) is 9.61 Å². The van der Waals surface area contributed by atoms with Gasteiger partial charge >= 0.3 is 7.12 Å². The van der Waals surface area contributed by atoms with Crippen LogP contribution in [0.5, 0.6) is 0 Å². The molecular formula is C6H6BNO6. The molecule has 74 valence electrons. The van der Waals surface area contributed by atoms with E-state index in [1.54, 1.807) is 0 Å². The van der Waals surface area contributed by atoms with Gasteiger partial charge < -0.3 is 0 Å². The van der Waals surface area contributed by atoms with E-state index in [0.717, 1.165) is 0 Å². The first kappa shape index (κ1) is 10.6. The molecule has 0 fully saturated rings. The molecule has 0 amide bonds. The highest BCUT2D eigenvalue weighted by Crippen LogP contribution is 2.07. The molecule has 0 spiro atoms. The van der Waals surface area contributed by atoms with Crippen molar-refractivity contribution in [3.8, 4) is 0 Å². The van der Waals surface area contributed by atoms with Crippen LogP contribution in [0.3, 0.4) is 0 Å². The third-order valence-corrected chi connectivity index (χ3v) is 1.57. The third-order valence-electron chi connectivity index (χ3n) is 1.57. The summed E-state index contributed by atoms with van der Waals surface area (Å²) in [5.41, 5.74) is 0.143. The molecule has 14 heavy (non-hydrogen) atoms. The first-order valence-electron chi connectivity index (χ1n) is 3.54. The summed E-state index contributed by atoms with van der Waals surface area (Å²) in [6, 6.07) is 4.96. The second-order valence-electron chi connectivity index (χ2n) is 2.39. The Morgan fingerprint density at radius 1 is 1.21 bits per heavy atom. The predicted octanol–water partition coefficient (Wildman–Crippen LogP) is 0.269. The van der Waals surface area contributed by atoms with Crippen LogP contribution in [0.4, 0.5) is 5.69 Å². The van der Waals surface area contributed by atoms with Gasteiger partial charge in [-0.2, -0.15) is 0 Å². The zero-order valence-corrected chi connectivity index (χ0v) is 6.86. The van der Waals surface area contributed by atoms with Crippen molar-refractivity contribution in [3.63, 3.8) is 0 Å². The molecule has 8 heteroatoms. The summed E-state index contributed by atoms with van der Waals surface area (Å²) in [7, 11) is -1.36. The normalized spacial score (nSPS) is 9.86. The molecule has 2 N–H and O–H groups in total. The zero-order valence-electron chi connectivity index (χ0n) is 6.86. The second kappa shape index (κ2) is 4.68. The van der Waals surface area contributed by atoms with Gasteiger partial charge in [0.25, 0.3) is 5.69 Å². The van der Waals surface area contributed by atoms with E-state index in [1.807, 2.05) is 0 Å². The Morgan fingerprint density at radius 2 is 1.71 bits per heavy atom. The summed E-state index contributed by atoms with van der Waals surface area (Å²) < 4.78 is 0. The summed E-state index contributed by atoms with van der Waals surface area (Å²) in [6.45, 7) is 0. The van der Waals surface area contributed by atoms with Gasteiger partial charge in [-0.1, -0.05) is 12.1 Å². The van der Waals surface area contributed by atoms with Crippen molar-refractivity contribution in [1.29, 1.82) is 0 Å². The minimum absolute atomic E-state index is 0.108. The summed E-state index contributed by atoms with van der Waals surface area (Å²) in [4.78, 5) is 17.2. The van der Waals surface area contributed by atoms with E-state index >= 15 is 0 Å². The van der Waals surface area contributed by atoms with E-state index in [0.29, 0.717) is 0 Å². The average molecular weight is 199 g/mol. The first-order chi connectivity index (χ1) is 6.69. The molecule has 1 aromatic carbocycles. The molecular weight excluding hydrogens is 193 g/mol. The molecule has 0 aromatic heterocycles. The van der Waals surface area contributed by atoms with Gasteiger partial charge in [-0.15, -0.1) is 0 Å². The van der Waals surface area contributed by atoms with E-state index in [-0.39, 0.29) is 11.2 Å². The fourth-order valence-electron chi connectivity index (χ4n) is 0.894. The fraction of sp³-hybridized carbons (Fsp3) is 0. The van der Waals surface area contributed by atoms with Gasteiger partial charge in [0.05, 0.1) is 4.92 Å². The lowest BCUT2D eigenvalue weighted by atomic mass is 9.80. The number of hydrogen-bond donors (Lipinski definition) is 2. The van der Waals surface area contributed by atoms with Crippen molar-refractivity contribution in [2.24, 2.45) is 0 Å². The van der Waals surface area contributed by atoms with E-state index in [4.69, 9.17) is 10.5 Å². The lowest BCUT2D eigenvalue weighted by molar-refractivity contribution is -0.384. The Hall–Kier alpha value is -1.48. The highest BCUT2D eigenvalue weighted by Gasteiger charge is 2.22. The molecule has 1 rings (SSSR count). The summed E-state index contributed by atoms with van der Waals surface area (Å²) >= 11 is 0. The smallest absolute Gasteiger partial charge is 0.264 e. The Morgan fingerprint density at radius 3 is 2.07 bits per heavy atom. The molecule has 0 aliphatic heterocycles. The average Bonchev–Trinajstić information content (AvgIpc) is 2.20. The first-order valence-corrected chi connectivity index (χ1v) is 3.54. The van der Waals surface area contributed by atoms with Crippen LogP contribution < -0.4 is 5.46 Å². The largest absolute Gasteiger partial charge is 0.554 e. The lowest BCUT2D eigenvalue weighted by Crippen LogP contribution is -2.34. The van der Waals surface area contributed by atoms with Crippen LogP contribution in [0.15, 0.2) is 24.3 Å². The zero-order chi connectivity index (χ0) is 10.6. The van der Waals surface area contributed by atoms with Crippen molar-refractivity contribution < 1.29 is 25.0 Å². The topological polar surface area (TPSA) is 102 Å². The molecule has 0 saturated heterocycles. The van der Waals surface area contributed by atoms with Crippen LogP contribution in [-0.2, 0) is 9.61 Å². The molecule has 0 saturated carbocycles.